The van der Waals surface area contributed by atoms with Gasteiger partial charge in [0.1, 0.15) is 0 Å². The van der Waals surface area contributed by atoms with Gasteiger partial charge in [-0.25, -0.2) is 0 Å². The first kappa shape index (κ1) is 18.2. The van der Waals surface area contributed by atoms with Crippen LogP contribution in [0.25, 0.3) is 0 Å². The van der Waals surface area contributed by atoms with E-state index in [1.807, 2.05) is 0 Å². The molecule has 0 aromatic carbocycles. The van der Waals surface area contributed by atoms with E-state index in [0.717, 1.165) is 45.3 Å². The van der Waals surface area contributed by atoms with Crippen LogP contribution in [-0.4, -0.2) is 49.4 Å². The Bertz CT molecular complexity index is 275. The standard InChI is InChI=1S/C13H25N3O2.ClH/c1-2-7-14-8-9-15-12(17)11-16-10-5-3-4-6-13(16)18;/h14H,2-11H2,1H3,(H,15,17);1H. The molecule has 0 atom stereocenters. The lowest BCUT2D eigenvalue weighted by molar-refractivity contribution is -0.135. The van der Waals surface area contributed by atoms with Crippen molar-refractivity contribution < 1.29 is 9.59 Å². The van der Waals surface area contributed by atoms with Gasteiger partial charge in [0.15, 0.2) is 0 Å². The molecule has 6 heteroatoms. The third-order valence-corrected chi connectivity index (χ3v) is 3.06. The number of carbonyl (C=O) groups is 2. The zero-order valence-corrected chi connectivity index (χ0v) is 12.6. The molecule has 2 N–H and O–H groups in total. The summed E-state index contributed by atoms with van der Waals surface area (Å²) in [4.78, 5) is 25.0. The van der Waals surface area contributed by atoms with Crippen LogP contribution >= 0.6 is 12.4 Å². The predicted molar refractivity (Wildman–Crippen MR) is 78.5 cm³/mol. The fraction of sp³-hybridized carbons (Fsp3) is 0.846. The van der Waals surface area contributed by atoms with Gasteiger partial charge >= 0.3 is 0 Å². The van der Waals surface area contributed by atoms with Crippen LogP contribution in [0.15, 0.2) is 0 Å². The van der Waals surface area contributed by atoms with Crippen molar-refractivity contribution in [1.29, 1.82) is 0 Å². The van der Waals surface area contributed by atoms with Gasteiger partial charge in [-0.1, -0.05) is 13.3 Å². The first-order chi connectivity index (χ1) is 8.74. The van der Waals surface area contributed by atoms with Gasteiger partial charge in [-0.05, 0) is 25.8 Å². The molecular weight excluding hydrogens is 266 g/mol. The number of nitrogens with zero attached hydrogens (tertiary/aromatic N) is 1. The van der Waals surface area contributed by atoms with Crippen LogP contribution in [0.4, 0.5) is 0 Å². The molecule has 1 saturated heterocycles. The molecule has 2 amide bonds. The van der Waals surface area contributed by atoms with Gasteiger partial charge in [0.25, 0.3) is 0 Å². The summed E-state index contributed by atoms with van der Waals surface area (Å²) in [5, 5.41) is 6.05. The molecule has 0 unspecified atom stereocenters. The van der Waals surface area contributed by atoms with Gasteiger partial charge in [0, 0.05) is 26.1 Å². The van der Waals surface area contributed by atoms with Crippen molar-refractivity contribution in [1.82, 2.24) is 15.5 Å². The van der Waals surface area contributed by atoms with Crippen LogP contribution < -0.4 is 10.6 Å². The Morgan fingerprint density at radius 2 is 2.00 bits per heavy atom. The second kappa shape index (κ2) is 11.1. The molecule has 0 aliphatic carbocycles. The molecule has 1 rings (SSSR count). The molecule has 5 nitrogen and oxygen atoms in total. The zero-order valence-electron chi connectivity index (χ0n) is 11.7. The van der Waals surface area contributed by atoms with Crippen molar-refractivity contribution in [3.05, 3.63) is 0 Å². The van der Waals surface area contributed by atoms with Crippen LogP contribution in [0, 0.1) is 0 Å². The summed E-state index contributed by atoms with van der Waals surface area (Å²) in [6.45, 7) is 5.43. The van der Waals surface area contributed by atoms with Crippen LogP contribution in [0.2, 0.25) is 0 Å². The molecule has 19 heavy (non-hydrogen) atoms. The smallest absolute Gasteiger partial charge is 0.239 e. The topological polar surface area (TPSA) is 61.4 Å². The van der Waals surface area contributed by atoms with E-state index < -0.39 is 0 Å². The number of likely N-dealkylation sites (tertiary alicyclic amines) is 1. The SMILES string of the molecule is CCCNCCNC(=O)CN1CCCCCC1=O.Cl. The molecule has 0 aromatic heterocycles. The number of carbonyl (C=O) groups excluding carboxylic acids is 2. The highest BCUT2D eigenvalue weighted by molar-refractivity contribution is 5.85. The fourth-order valence-electron chi connectivity index (χ4n) is 2.03. The first-order valence-electron chi connectivity index (χ1n) is 6.99. The van der Waals surface area contributed by atoms with Gasteiger partial charge in [0.2, 0.25) is 11.8 Å². The van der Waals surface area contributed by atoms with Crippen molar-refractivity contribution in [3.63, 3.8) is 0 Å². The average molecular weight is 292 g/mol. The summed E-state index contributed by atoms with van der Waals surface area (Å²) < 4.78 is 0. The maximum absolute atomic E-state index is 11.7. The summed E-state index contributed by atoms with van der Waals surface area (Å²) >= 11 is 0. The number of amides is 2. The minimum atomic E-state index is -0.0523. The van der Waals surface area contributed by atoms with Gasteiger partial charge in [-0.15, -0.1) is 12.4 Å². The van der Waals surface area contributed by atoms with Gasteiger partial charge in [0.05, 0.1) is 6.54 Å². The number of hydrogen-bond donors (Lipinski definition) is 2. The minimum Gasteiger partial charge on any atom is -0.353 e. The lowest BCUT2D eigenvalue weighted by Crippen LogP contribution is -2.42. The number of nitrogens with one attached hydrogen (secondary N) is 2. The second-order valence-electron chi connectivity index (χ2n) is 4.73. The van der Waals surface area contributed by atoms with Crippen molar-refractivity contribution >= 4 is 24.2 Å². The first-order valence-corrected chi connectivity index (χ1v) is 6.99. The molecule has 112 valence electrons. The van der Waals surface area contributed by atoms with Gasteiger partial charge in [-0.3, -0.25) is 9.59 Å². The molecule has 1 heterocycles. The van der Waals surface area contributed by atoms with E-state index in [2.05, 4.69) is 17.6 Å². The molecule has 0 aromatic rings. The summed E-state index contributed by atoms with van der Waals surface area (Å²) in [6, 6.07) is 0. The minimum absolute atomic E-state index is 0. The molecule has 1 aliphatic heterocycles. The summed E-state index contributed by atoms with van der Waals surface area (Å²) in [6.07, 6.45) is 4.74. The predicted octanol–water partition coefficient (Wildman–Crippen LogP) is 0.927. The second-order valence-corrected chi connectivity index (χ2v) is 4.73. The van der Waals surface area contributed by atoms with Gasteiger partial charge < -0.3 is 15.5 Å². The third-order valence-electron chi connectivity index (χ3n) is 3.06. The largest absolute Gasteiger partial charge is 0.353 e. The molecule has 1 aliphatic rings. The third kappa shape index (κ3) is 8.06. The van der Waals surface area contributed by atoms with E-state index >= 15 is 0 Å². The van der Waals surface area contributed by atoms with Crippen molar-refractivity contribution in [2.24, 2.45) is 0 Å². The summed E-state index contributed by atoms with van der Waals surface area (Å²) in [7, 11) is 0. The summed E-state index contributed by atoms with van der Waals surface area (Å²) in [5.41, 5.74) is 0. The van der Waals surface area contributed by atoms with Crippen LogP contribution in [-0.2, 0) is 9.59 Å². The van der Waals surface area contributed by atoms with Crippen LogP contribution in [0.3, 0.4) is 0 Å². The highest BCUT2D eigenvalue weighted by Crippen LogP contribution is 2.10. The lowest BCUT2D eigenvalue weighted by Gasteiger charge is -2.19. The molecule has 1 fully saturated rings. The number of halogens is 1. The Balaban J connectivity index is 0.00000324. The maximum Gasteiger partial charge on any atom is 0.239 e. The molecular formula is C13H26ClN3O2. The van der Waals surface area contributed by atoms with E-state index in [1.165, 1.54) is 0 Å². The van der Waals surface area contributed by atoms with E-state index in [9.17, 15) is 9.59 Å². The van der Waals surface area contributed by atoms with Crippen molar-refractivity contribution in [2.75, 3.05) is 32.7 Å². The number of hydrogen-bond acceptors (Lipinski definition) is 3. The molecule has 0 saturated carbocycles. The van der Waals surface area contributed by atoms with Crippen LogP contribution in [0.1, 0.15) is 39.0 Å². The molecule has 0 bridgehead atoms. The highest BCUT2D eigenvalue weighted by Gasteiger charge is 2.18. The van der Waals surface area contributed by atoms with E-state index in [1.54, 1.807) is 4.90 Å². The Hall–Kier alpha value is -0.810. The van der Waals surface area contributed by atoms with Crippen molar-refractivity contribution in [3.8, 4) is 0 Å². The maximum atomic E-state index is 11.7. The number of rotatable bonds is 7. The Morgan fingerprint density at radius 1 is 1.21 bits per heavy atom. The van der Waals surface area contributed by atoms with Crippen LogP contribution in [0.5, 0.6) is 0 Å². The monoisotopic (exact) mass is 291 g/mol. The fourth-order valence-corrected chi connectivity index (χ4v) is 2.03. The summed E-state index contributed by atoms with van der Waals surface area (Å²) in [5.74, 6) is 0.0651. The Kier molecular flexibility index (Phi) is 10.6. The van der Waals surface area contributed by atoms with E-state index in [4.69, 9.17) is 0 Å². The molecule has 0 radical (unpaired) electrons. The van der Waals surface area contributed by atoms with E-state index in [-0.39, 0.29) is 30.8 Å². The highest BCUT2D eigenvalue weighted by atomic mass is 35.5. The Labute approximate surface area is 121 Å². The van der Waals surface area contributed by atoms with Crippen molar-refractivity contribution in [2.45, 2.75) is 39.0 Å². The average Bonchev–Trinajstić information content (AvgIpc) is 2.55. The van der Waals surface area contributed by atoms with Gasteiger partial charge in [-0.2, -0.15) is 0 Å². The quantitative estimate of drug-likeness (QED) is 0.686. The molecule has 0 spiro atoms. The van der Waals surface area contributed by atoms with E-state index in [0.29, 0.717) is 13.0 Å². The lowest BCUT2D eigenvalue weighted by atomic mass is 10.2. The zero-order chi connectivity index (χ0) is 13.2. The Morgan fingerprint density at radius 3 is 2.74 bits per heavy atom. The normalized spacial score (nSPS) is 15.6.